The van der Waals surface area contributed by atoms with Gasteiger partial charge >= 0.3 is 0 Å². The molecule has 0 amide bonds. The molecule has 1 saturated heterocycles. The van der Waals surface area contributed by atoms with Gasteiger partial charge in [0.15, 0.2) is 0 Å². The van der Waals surface area contributed by atoms with Gasteiger partial charge in [-0.1, -0.05) is 6.07 Å². The minimum atomic E-state index is -1.09. The summed E-state index contributed by atoms with van der Waals surface area (Å²) in [5.74, 6) is -0.282. The van der Waals surface area contributed by atoms with Gasteiger partial charge in [-0.05, 0) is 57.9 Å². The minimum Gasteiger partial charge on any atom is -0.382 e. The predicted octanol–water partition coefficient (Wildman–Crippen LogP) is 3.30. The third-order valence-corrected chi connectivity index (χ3v) is 3.84. The standard InChI is InChI=1S/C15H21FO2/c1-10-8-11(16)6-7-12(10)15(17)9-13(2,3)18-14(15,4)5/h6-8,17H,9H2,1-5H3. The highest BCUT2D eigenvalue weighted by atomic mass is 19.1. The second kappa shape index (κ2) is 3.78. The molecule has 1 aliphatic heterocycles. The van der Waals surface area contributed by atoms with Gasteiger partial charge in [-0.3, -0.25) is 0 Å². The Morgan fingerprint density at radius 1 is 1.22 bits per heavy atom. The molecule has 1 atom stereocenters. The van der Waals surface area contributed by atoms with Gasteiger partial charge in [-0.15, -0.1) is 0 Å². The average molecular weight is 252 g/mol. The zero-order chi connectivity index (χ0) is 13.8. The Morgan fingerprint density at radius 2 is 1.83 bits per heavy atom. The highest BCUT2D eigenvalue weighted by Crippen LogP contribution is 2.51. The number of rotatable bonds is 1. The quantitative estimate of drug-likeness (QED) is 0.831. The summed E-state index contributed by atoms with van der Waals surface area (Å²) in [5.41, 5.74) is -0.668. The first-order valence-corrected chi connectivity index (χ1v) is 6.27. The van der Waals surface area contributed by atoms with Crippen LogP contribution >= 0.6 is 0 Å². The van der Waals surface area contributed by atoms with Crippen molar-refractivity contribution in [3.63, 3.8) is 0 Å². The first-order chi connectivity index (χ1) is 8.07. The van der Waals surface area contributed by atoms with E-state index < -0.39 is 11.2 Å². The first kappa shape index (κ1) is 13.5. The molecule has 1 N–H and O–H groups in total. The SMILES string of the molecule is Cc1cc(F)ccc1C1(O)CC(C)(C)OC1(C)C. The number of hydrogen-bond acceptors (Lipinski definition) is 2. The van der Waals surface area contributed by atoms with E-state index in [4.69, 9.17) is 4.74 Å². The molecule has 0 saturated carbocycles. The molecule has 0 bridgehead atoms. The van der Waals surface area contributed by atoms with Crippen LogP contribution in [0.4, 0.5) is 4.39 Å². The molecule has 1 unspecified atom stereocenters. The molecular formula is C15H21FO2. The molecule has 18 heavy (non-hydrogen) atoms. The van der Waals surface area contributed by atoms with Crippen molar-refractivity contribution in [2.24, 2.45) is 0 Å². The zero-order valence-corrected chi connectivity index (χ0v) is 11.7. The van der Waals surface area contributed by atoms with Gasteiger partial charge < -0.3 is 9.84 Å². The molecule has 1 aromatic carbocycles. The lowest BCUT2D eigenvalue weighted by Crippen LogP contribution is -2.44. The lowest BCUT2D eigenvalue weighted by molar-refractivity contribution is -0.130. The van der Waals surface area contributed by atoms with Gasteiger partial charge in [0, 0.05) is 6.42 Å². The molecule has 3 heteroatoms. The Bertz CT molecular complexity index is 479. The largest absolute Gasteiger partial charge is 0.382 e. The van der Waals surface area contributed by atoms with Crippen molar-refractivity contribution in [3.05, 3.63) is 35.1 Å². The summed E-state index contributed by atoms with van der Waals surface area (Å²) in [6.07, 6.45) is 0.499. The summed E-state index contributed by atoms with van der Waals surface area (Å²) in [6.45, 7) is 9.50. The van der Waals surface area contributed by atoms with E-state index in [1.165, 1.54) is 12.1 Å². The maximum absolute atomic E-state index is 13.2. The Balaban J connectivity index is 2.54. The fraction of sp³-hybridized carbons (Fsp3) is 0.600. The van der Waals surface area contributed by atoms with E-state index in [2.05, 4.69) is 0 Å². The highest BCUT2D eigenvalue weighted by molar-refractivity contribution is 5.36. The van der Waals surface area contributed by atoms with Crippen LogP contribution in [0.2, 0.25) is 0 Å². The predicted molar refractivity (Wildman–Crippen MR) is 68.9 cm³/mol. The van der Waals surface area contributed by atoms with Crippen molar-refractivity contribution in [1.82, 2.24) is 0 Å². The van der Waals surface area contributed by atoms with Gasteiger partial charge in [-0.25, -0.2) is 4.39 Å². The Kier molecular flexibility index (Phi) is 2.84. The van der Waals surface area contributed by atoms with E-state index in [9.17, 15) is 9.50 Å². The molecule has 100 valence electrons. The highest BCUT2D eigenvalue weighted by Gasteiger charge is 2.57. The van der Waals surface area contributed by atoms with E-state index in [1.54, 1.807) is 6.07 Å². The summed E-state index contributed by atoms with van der Waals surface area (Å²) in [6, 6.07) is 4.51. The summed E-state index contributed by atoms with van der Waals surface area (Å²) in [5, 5.41) is 11.1. The number of hydrogen-bond donors (Lipinski definition) is 1. The molecular weight excluding hydrogens is 231 g/mol. The normalized spacial score (nSPS) is 29.5. The second-order valence-corrected chi connectivity index (χ2v) is 6.37. The monoisotopic (exact) mass is 252 g/mol. The van der Waals surface area contributed by atoms with Crippen molar-refractivity contribution >= 4 is 0 Å². The first-order valence-electron chi connectivity index (χ1n) is 6.27. The molecule has 2 rings (SSSR count). The minimum absolute atomic E-state index is 0.282. The van der Waals surface area contributed by atoms with Crippen molar-refractivity contribution in [2.45, 2.75) is 57.8 Å². The molecule has 0 aromatic heterocycles. The summed E-state index contributed by atoms with van der Waals surface area (Å²) < 4.78 is 19.1. The molecule has 0 spiro atoms. The third kappa shape index (κ3) is 1.95. The van der Waals surface area contributed by atoms with Gasteiger partial charge in [0.2, 0.25) is 0 Å². The maximum Gasteiger partial charge on any atom is 0.123 e. The van der Waals surface area contributed by atoms with Gasteiger partial charge in [0.05, 0.1) is 11.2 Å². The van der Waals surface area contributed by atoms with Crippen LogP contribution in [0.15, 0.2) is 18.2 Å². The van der Waals surface area contributed by atoms with Crippen LogP contribution in [0.5, 0.6) is 0 Å². The molecule has 0 radical (unpaired) electrons. The third-order valence-electron chi connectivity index (χ3n) is 3.84. The van der Waals surface area contributed by atoms with Gasteiger partial charge in [0.25, 0.3) is 0 Å². The molecule has 1 aromatic rings. The molecule has 1 fully saturated rings. The van der Waals surface area contributed by atoms with E-state index >= 15 is 0 Å². The number of halogens is 1. The van der Waals surface area contributed by atoms with E-state index in [1.807, 2.05) is 34.6 Å². The topological polar surface area (TPSA) is 29.5 Å². The second-order valence-electron chi connectivity index (χ2n) is 6.37. The van der Waals surface area contributed by atoms with Gasteiger partial charge in [-0.2, -0.15) is 0 Å². The van der Waals surface area contributed by atoms with E-state index in [-0.39, 0.29) is 11.4 Å². The molecule has 2 nitrogen and oxygen atoms in total. The fourth-order valence-electron chi connectivity index (χ4n) is 3.15. The number of aryl methyl sites for hydroxylation is 1. The van der Waals surface area contributed by atoms with Crippen LogP contribution < -0.4 is 0 Å². The molecule has 1 aliphatic rings. The maximum atomic E-state index is 13.2. The van der Waals surface area contributed by atoms with Crippen LogP contribution in [-0.4, -0.2) is 16.3 Å². The lowest BCUT2D eigenvalue weighted by atomic mass is 9.75. The van der Waals surface area contributed by atoms with Gasteiger partial charge in [0.1, 0.15) is 11.4 Å². The number of benzene rings is 1. The Hall–Kier alpha value is -0.930. The van der Waals surface area contributed by atoms with Crippen molar-refractivity contribution in [2.75, 3.05) is 0 Å². The van der Waals surface area contributed by atoms with Crippen LogP contribution in [0.1, 0.15) is 45.2 Å². The van der Waals surface area contributed by atoms with Crippen LogP contribution in [0.3, 0.4) is 0 Å². The van der Waals surface area contributed by atoms with Crippen LogP contribution in [0.25, 0.3) is 0 Å². The van der Waals surface area contributed by atoms with Crippen molar-refractivity contribution < 1.29 is 14.2 Å². The van der Waals surface area contributed by atoms with E-state index in [0.29, 0.717) is 6.42 Å². The smallest absolute Gasteiger partial charge is 0.123 e. The van der Waals surface area contributed by atoms with Crippen molar-refractivity contribution in [3.8, 4) is 0 Å². The Morgan fingerprint density at radius 3 is 2.28 bits per heavy atom. The summed E-state index contributed by atoms with van der Waals surface area (Å²) in [7, 11) is 0. The number of ether oxygens (including phenoxy) is 1. The average Bonchev–Trinajstić information content (AvgIpc) is 2.29. The van der Waals surface area contributed by atoms with Crippen LogP contribution in [0, 0.1) is 12.7 Å². The molecule has 0 aliphatic carbocycles. The Labute approximate surface area is 108 Å². The van der Waals surface area contributed by atoms with E-state index in [0.717, 1.165) is 11.1 Å². The fourth-order valence-corrected chi connectivity index (χ4v) is 3.15. The van der Waals surface area contributed by atoms with Crippen LogP contribution in [-0.2, 0) is 10.3 Å². The summed E-state index contributed by atoms with van der Waals surface area (Å²) in [4.78, 5) is 0. The number of aliphatic hydroxyl groups is 1. The lowest BCUT2D eigenvalue weighted by Gasteiger charge is -2.36. The molecule has 1 heterocycles. The summed E-state index contributed by atoms with van der Waals surface area (Å²) >= 11 is 0. The van der Waals surface area contributed by atoms with Crippen molar-refractivity contribution in [1.29, 1.82) is 0 Å². The zero-order valence-electron chi connectivity index (χ0n) is 11.7.